The van der Waals surface area contributed by atoms with Crippen LogP contribution in [-0.2, 0) is 5.60 Å². The molecule has 2 nitrogen and oxygen atoms in total. The molecule has 0 fully saturated rings. The van der Waals surface area contributed by atoms with Gasteiger partial charge in [-0.05, 0) is 37.6 Å². The summed E-state index contributed by atoms with van der Waals surface area (Å²) in [5.74, 6) is 0. The third-order valence-electron chi connectivity index (χ3n) is 2.44. The van der Waals surface area contributed by atoms with Crippen LogP contribution < -0.4 is 5.32 Å². The zero-order chi connectivity index (χ0) is 12.2. The molecule has 0 aliphatic heterocycles. The second kappa shape index (κ2) is 5.87. The predicted molar refractivity (Wildman–Crippen MR) is 69.2 cm³/mol. The Kier molecular flexibility index (Phi) is 5.06. The molecule has 1 rings (SSSR count). The van der Waals surface area contributed by atoms with Gasteiger partial charge in [0.05, 0.1) is 15.6 Å². The topological polar surface area (TPSA) is 32.3 Å². The van der Waals surface area contributed by atoms with Crippen molar-refractivity contribution in [2.75, 3.05) is 13.1 Å². The van der Waals surface area contributed by atoms with Crippen LogP contribution in [0.3, 0.4) is 0 Å². The first-order valence-electron chi connectivity index (χ1n) is 5.36. The van der Waals surface area contributed by atoms with Gasteiger partial charge < -0.3 is 10.4 Å². The van der Waals surface area contributed by atoms with E-state index in [1.54, 1.807) is 25.1 Å². The van der Waals surface area contributed by atoms with Crippen LogP contribution in [0.1, 0.15) is 25.8 Å². The summed E-state index contributed by atoms with van der Waals surface area (Å²) in [5, 5.41) is 14.4. The molecular weight excluding hydrogens is 245 g/mol. The van der Waals surface area contributed by atoms with E-state index in [1.807, 2.05) is 0 Å². The molecular formula is C12H17Cl2NO. The van der Waals surface area contributed by atoms with Crippen LogP contribution in [0.2, 0.25) is 10.0 Å². The van der Waals surface area contributed by atoms with Crippen LogP contribution in [-0.4, -0.2) is 18.2 Å². The first kappa shape index (κ1) is 13.8. The first-order chi connectivity index (χ1) is 7.47. The average Bonchev–Trinajstić information content (AvgIpc) is 2.22. The van der Waals surface area contributed by atoms with E-state index in [4.69, 9.17) is 23.2 Å². The van der Waals surface area contributed by atoms with Gasteiger partial charge in [0.2, 0.25) is 0 Å². The molecule has 0 heterocycles. The molecule has 0 amide bonds. The predicted octanol–water partition coefficient (Wildman–Crippen LogP) is 3.20. The lowest BCUT2D eigenvalue weighted by molar-refractivity contribution is 0.0572. The second-order valence-corrected chi connectivity index (χ2v) is 4.89. The Bertz CT molecular complexity index is 353. The van der Waals surface area contributed by atoms with Gasteiger partial charge in [-0.15, -0.1) is 0 Å². The molecule has 1 atom stereocenters. The van der Waals surface area contributed by atoms with Crippen molar-refractivity contribution in [2.24, 2.45) is 0 Å². The maximum Gasteiger partial charge on any atom is 0.0992 e. The summed E-state index contributed by atoms with van der Waals surface area (Å²) in [4.78, 5) is 0. The van der Waals surface area contributed by atoms with Crippen molar-refractivity contribution in [3.63, 3.8) is 0 Å². The van der Waals surface area contributed by atoms with Crippen LogP contribution in [0.25, 0.3) is 0 Å². The molecule has 90 valence electrons. The van der Waals surface area contributed by atoms with Crippen molar-refractivity contribution in [2.45, 2.75) is 25.9 Å². The highest BCUT2D eigenvalue weighted by Crippen LogP contribution is 2.28. The minimum absolute atomic E-state index is 0.468. The lowest BCUT2D eigenvalue weighted by Crippen LogP contribution is -2.35. The van der Waals surface area contributed by atoms with Gasteiger partial charge in [0, 0.05) is 6.54 Å². The third-order valence-corrected chi connectivity index (χ3v) is 3.18. The van der Waals surface area contributed by atoms with Gasteiger partial charge in [0.25, 0.3) is 0 Å². The number of benzene rings is 1. The molecule has 0 saturated carbocycles. The minimum atomic E-state index is -0.927. The Morgan fingerprint density at radius 1 is 1.31 bits per heavy atom. The van der Waals surface area contributed by atoms with Crippen molar-refractivity contribution in [1.82, 2.24) is 5.32 Å². The van der Waals surface area contributed by atoms with Gasteiger partial charge >= 0.3 is 0 Å². The highest BCUT2D eigenvalue weighted by molar-refractivity contribution is 6.42. The maximum absolute atomic E-state index is 10.3. The highest BCUT2D eigenvalue weighted by Gasteiger charge is 2.23. The number of nitrogens with one attached hydrogen (secondary N) is 1. The molecule has 2 N–H and O–H groups in total. The van der Waals surface area contributed by atoms with Gasteiger partial charge in [-0.3, -0.25) is 0 Å². The largest absolute Gasteiger partial charge is 0.384 e. The highest BCUT2D eigenvalue weighted by atomic mass is 35.5. The standard InChI is InChI=1S/C12H17Cl2NO/c1-3-6-15-8-12(2,16)9-4-5-10(13)11(14)7-9/h4-5,7,15-16H,3,6,8H2,1-2H3. The van der Waals surface area contributed by atoms with E-state index in [1.165, 1.54) is 0 Å². The molecule has 0 bridgehead atoms. The number of halogens is 2. The zero-order valence-corrected chi connectivity index (χ0v) is 11.1. The van der Waals surface area contributed by atoms with E-state index in [9.17, 15) is 5.11 Å². The lowest BCUT2D eigenvalue weighted by Gasteiger charge is -2.24. The first-order valence-corrected chi connectivity index (χ1v) is 6.11. The fraction of sp³-hybridized carbons (Fsp3) is 0.500. The van der Waals surface area contributed by atoms with Gasteiger partial charge in [0.15, 0.2) is 0 Å². The van der Waals surface area contributed by atoms with Crippen LogP contribution in [0, 0.1) is 0 Å². The number of hydrogen-bond donors (Lipinski definition) is 2. The van der Waals surface area contributed by atoms with Crippen LogP contribution in [0.4, 0.5) is 0 Å². The van der Waals surface area contributed by atoms with Gasteiger partial charge in [-0.25, -0.2) is 0 Å². The van der Waals surface area contributed by atoms with Crippen molar-refractivity contribution >= 4 is 23.2 Å². The summed E-state index contributed by atoms with van der Waals surface area (Å²) in [6.07, 6.45) is 1.04. The molecule has 0 spiro atoms. The van der Waals surface area contributed by atoms with E-state index in [0.717, 1.165) is 18.5 Å². The average molecular weight is 262 g/mol. The van der Waals surface area contributed by atoms with Crippen molar-refractivity contribution in [3.05, 3.63) is 33.8 Å². The quantitative estimate of drug-likeness (QED) is 0.799. The number of aliphatic hydroxyl groups is 1. The Morgan fingerprint density at radius 3 is 2.56 bits per heavy atom. The number of rotatable bonds is 5. The molecule has 0 aromatic heterocycles. The Balaban J connectivity index is 2.76. The third kappa shape index (κ3) is 3.63. The smallest absolute Gasteiger partial charge is 0.0992 e. The molecule has 1 aromatic carbocycles. The summed E-state index contributed by atoms with van der Waals surface area (Å²) in [6, 6.07) is 5.20. The van der Waals surface area contributed by atoms with Crippen LogP contribution in [0.5, 0.6) is 0 Å². The van der Waals surface area contributed by atoms with E-state index in [0.29, 0.717) is 16.6 Å². The Labute approximate surface area is 107 Å². The summed E-state index contributed by atoms with van der Waals surface area (Å²) < 4.78 is 0. The second-order valence-electron chi connectivity index (χ2n) is 4.08. The molecule has 1 unspecified atom stereocenters. The van der Waals surface area contributed by atoms with Crippen molar-refractivity contribution in [1.29, 1.82) is 0 Å². The summed E-state index contributed by atoms with van der Waals surface area (Å²) >= 11 is 11.7. The lowest BCUT2D eigenvalue weighted by atomic mass is 9.96. The summed E-state index contributed by atoms with van der Waals surface area (Å²) in [7, 11) is 0. The maximum atomic E-state index is 10.3. The SMILES string of the molecule is CCCNCC(C)(O)c1ccc(Cl)c(Cl)c1. The molecule has 1 aromatic rings. The van der Waals surface area contributed by atoms with E-state index in [2.05, 4.69) is 12.2 Å². The van der Waals surface area contributed by atoms with Crippen LogP contribution in [0.15, 0.2) is 18.2 Å². The molecule has 0 saturated heterocycles. The minimum Gasteiger partial charge on any atom is -0.384 e. The van der Waals surface area contributed by atoms with E-state index < -0.39 is 5.60 Å². The Morgan fingerprint density at radius 2 is 2.00 bits per heavy atom. The normalized spacial score (nSPS) is 14.8. The fourth-order valence-corrected chi connectivity index (χ4v) is 1.74. The molecule has 0 aliphatic rings. The summed E-state index contributed by atoms with van der Waals surface area (Å²) in [6.45, 7) is 5.23. The van der Waals surface area contributed by atoms with Gasteiger partial charge in [-0.2, -0.15) is 0 Å². The van der Waals surface area contributed by atoms with Gasteiger partial charge in [0.1, 0.15) is 0 Å². The zero-order valence-electron chi connectivity index (χ0n) is 9.56. The van der Waals surface area contributed by atoms with Gasteiger partial charge in [-0.1, -0.05) is 36.2 Å². The fourth-order valence-electron chi connectivity index (χ4n) is 1.44. The molecule has 0 radical (unpaired) electrons. The van der Waals surface area contributed by atoms with Crippen LogP contribution >= 0.6 is 23.2 Å². The monoisotopic (exact) mass is 261 g/mol. The summed E-state index contributed by atoms with van der Waals surface area (Å²) in [5.41, 5.74) is -0.158. The number of hydrogen-bond acceptors (Lipinski definition) is 2. The molecule has 0 aliphatic carbocycles. The molecule has 16 heavy (non-hydrogen) atoms. The van der Waals surface area contributed by atoms with Crippen molar-refractivity contribution < 1.29 is 5.11 Å². The van der Waals surface area contributed by atoms with Crippen molar-refractivity contribution in [3.8, 4) is 0 Å². The molecule has 4 heteroatoms. The Hall–Kier alpha value is -0.280. The van der Waals surface area contributed by atoms with E-state index >= 15 is 0 Å². The van der Waals surface area contributed by atoms with E-state index in [-0.39, 0.29) is 0 Å².